The van der Waals surface area contributed by atoms with E-state index >= 15 is 0 Å². The summed E-state index contributed by atoms with van der Waals surface area (Å²) in [6, 6.07) is 0. The Morgan fingerprint density at radius 3 is 2.93 bits per heavy atom. The van der Waals surface area contributed by atoms with Crippen molar-refractivity contribution in [1.82, 2.24) is 9.78 Å². The van der Waals surface area contributed by atoms with Gasteiger partial charge >= 0.3 is 0 Å². The second-order valence-electron chi connectivity index (χ2n) is 4.15. The number of ketones is 1. The number of carbonyl (C=O) groups excluding carboxylic acids is 1. The van der Waals surface area contributed by atoms with Crippen molar-refractivity contribution in [2.45, 2.75) is 33.2 Å². The lowest BCUT2D eigenvalue weighted by atomic mass is 9.98. The maximum Gasteiger partial charge on any atom is 0.185 e. The first kappa shape index (κ1) is 10.9. The fraction of sp³-hybridized carbons (Fsp3) is 0.636. The molecule has 0 spiro atoms. The summed E-state index contributed by atoms with van der Waals surface area (Å²) < 4.78 is 2.59. The first-order valence-electron chi connectivity index (χ1n) is 5.40. The molecule has 0 aromatic carbocycles. The van der Waals surface area contributed by atoms with Gasteiger partial charge in [0.2, 0.25) is 0 Å². The summed E-state index contributed by atoms with van der Waals surface area (Å²) in [4.78, 5) is 12.2. The van der Waals surface area contributed by atoms with Gasteiger partial charge in [0.05, 0.1) is 10.7 Å². The molecule has 1 aliphatic rings. The third-order valence-electron chi connectivity index (χ3n) is 3.07. The van der Waals surface area contributed by atoms with Crippen molar-refractivity contribution in [3.05, 3.63) is 16.4 Å². The molecule has 1 aromatic heterocycles. The van der Waals surface area contributed by atoms with Crippen LogP contribution in [0, 0.1) is 11.8 Å². The van der Waals surface area contributed by atoms with Crippen LogP contribution in [-0.2, 0) is 6.54 Å². The van der Waals surface area contributed by atoms with Gasteiger partial charge in [0, 0.05) is 12.5 Å². The molecule has 4 heteroatoms. The molecule has 2 rings (SSSR count). The Balaban J connectivity index is 2.26. The lowest BCUT2D eigenvalue weighted by Crippen LogP contribution is -2.18. The van der Waals surface area contributed by atoms with E-state index in [1.165, 1.54) is 12.8 Å². The largest absolute Gasteiger partial charge is 0.292 e. The molecule has 0 radical (unpaired) electrons. The Kier molecular flexibility index (Phi) is 2.96. The van der Waals surface area contributed by atoms with Crippen LogP contribution in [0.15, 0.2) is 10.7 Å². The van der Waals surface area contributed by atoms with E-state index in [4.69, 9.17) is 0 Å². The molecule has 0 aliphatic heterocycles. The highest BCUT2D eigenvalue weighted by Gasteiger charge is 2.34. The zero-order valence-electron chi connectivity index (χ0n) is 9.03. The number of aromatic nitrogens is 2. The van der Waals surface area contributed by atoms with E-state index in [2.05, 4.69) is 21.0 Å². The van der Waals surface area contributed by atoms with E-state index < -0.39 is 0 Å². The lowest BCUT2D eigenvalue weighted by Gasteiger charge is -2.10. The van der Waals surface area contributed by atoms with E-state index in [1.807, 2.05) is 13.8 Å². The summed E-state index contributed by atoms with van der Waals surface area (Å²) in [6.45, 7) is 4.77. The number of nitrogens with zero attached hydrogens (tertiary/aromatic N) is 2. The van der Waals surface area contributed by atoms with Crippen LogP contribution < -0.4 is 0 Å². The molecule has 1 aliphatic carbocycles. The summed E-state index contributed by atoms with van der Waals surface area (Å²) in [5.74, 6) is 0.969. The summed E-state index contributed by atoms with van der Waals surface area (Å²) in [5, 5.41) is 4.17. The summed E-state index contributed by atoms with van der Waals surface area (Å²) in [6.07, 6.45) is 4.10. The zero-order valence-corrected chi connectivity index (χ0v) is 10.6. The summed E-state index contributed by atoms with van der Waals surface area (Å²) in [5.41, 5.74) is 0.733. The minimum atomic E-state index is 0.142. The highest BCUT2D eigenvalue weighted by molar-refractivity contribution is 9.10. The van der Waals surface area contributed by atoms with Crippen molar-refractivity contribution in [2.24, 2.45) is 11.8 Å². The number of hydrogen-bond acceptors (Lipinski definition) is 2. The van der Waals surface area contributed by atoms with Gasteiger partial charge in [-0.25, -0.2) is 0 Å². The maximum absolute atomic E-state index is 12.2. The van der Waals surface area contributed by atoms with Crippen LogP contribution >= 0.6 is 15.9 Å². The average Bonchev–Trinajstić information content (AvgIpc) is 3.00. The third kappa shape index (κ3) is 2.00. The molecule has 82 valence electrons. The molecule has 0 bridgehead atoms. The first-order chi connectivity index (χ1) is 7.15. The van der Waals surface area contributed by atoms with Crippen molar-refractivity contribution < 1.29 is 4.79 Å². The standard InChI is InChI=1S/C11H15BrN2O/c1-3-14-10(9(12)6-13-14)11(15)7(2)8-4-5-8/h6-8H,3-5H2,1-2H3. The molecule has 15 heavy (non-hydrogen) atoms. The van der Waals surface area contributed by atoms with Crippen LogP contribution in [-0.4, -0.2) is 15.6 Å². The fourth-order valence-corrected chi connectivity index (χ4v) is 2.36. The predicted octanol–water partition coefficient (Wildman–Crippen LogP) is 2.89. The molecule has 1 atom stereocenters. The van der Waals surface area contributed by atoms with Gasteiger partial charge in [0.25, 0.3) is 0 Å². The zero-order chi connectivity index (χ0) is 11.0. The van der Waals surface area contributed by atoms with E-state index in [1.54, 1.807) is 10.9 Å². The molecule has 0 N–H and O–H groups in total. The Morgan fingerprint density at radius 1 is 1.73 bits per heavy atom. The number of aryl methyl sites for hydroxylation is 1. The van der Waals surface area contributed by atoms with E-state index in [-0.39, 0.29) is 11.7 Å². The number of hydrogen-bond donors (Lipinski definition) is 0. The molecule has 1 heterocycles. The highest BCUT2D eigenvalue weighted by Crippen LogP contribution is 2.38. The molecule has 3 nitrogen and oxygen atoms in total. The van der Waals surface area contributed by atoms with Gasteiger partial charge in [-0.2, -0.15) is 5.10 Å². The van der Waals surface area contributed by atoms with Gasteiger partial charge in [-0.15, -0.1) is 0 Å². The Bertz CT molecular complexity index is 382. The van der Waals surface area contributed by atoms with Gasteiger partial charge in [-0.05, 0) is 41.6 Å². The monoisotopic (exact) mass is 270 g/mol. The van der Waals surface area contributed by atoms with Gasteiger partial charge in [-0.3, -0.25) is 9.48 Å². The van der Waals surface area contributed by atoms with E-state index in [0.717, 1.165) is 16.7 Å². The second-order valence-corrected chi connectivity index (χ2v) is 5.00. The summed E-state index contributed by atoms with van der Waals surface area (Å²) >= 11 is 3.39. The average molecular weight is 271 g/mol. The quantitative estimate of drug-likeness (QED) is 0.789. The van der Waals surface area contributed by atoms with Crippen LogP contribution in [0.3, 0.4) is 0 Å². The molecule has 1 fully saturated rings. The van der Waals surface area contributed by atoms with E-state index in [0.29, 0.717) is 5.92 Å². The van der Waals surface area contributed by atoms with Crippen LogP contribution in [0.4, 0.5) is 0 Å². The Labute approximate surface area is 98.0 Å². The molecule has 1 saturated carbocycles. The minimum Gasteiger partial charge on any atom is -0.292 e. The Hall–Kier alpha value is -0.640. The number of halogens is 1. The third-order valence-corrected chi connectivity index (χ3v) is 3.65. The molecular formula is C11H15BrN2O. The number of rotatable bonds is 4. The topological polar surface area (TPSA) is 34.9 Å². The lowest BCUT2D eigenvalue weighted by molar-refractivity contribution is 0.0904. The molecule has 0 saturated heterocycles. The second kappa shape index (κ2) is 4.08. The van der Waals surface area contributed by atoms with E-state index in [9.17, 15) is 4.79 Å². The Morgan fingerprint density at radius 2 is 2.40 bits per heavy atom. The van der Waals surface area contributed by atoms with Gasteiger partial charge < -0.3 is 0 Å². The normalized spacial score (nSPS) is 17.8. The van der Waals surface area contributed by atoms with Gasteiger partial charge in [0.1, 0.15) is 5.69 Å². The summed E-state index contributed by atoms with van der Waals surface area (Å²) in [7, 11) is 0. The minimum absolute atomic E-state index is 0.142. The first-order valence-corrected chi connectivity index (χ1v) is 6.20. The smallest absolute Gasteiger partial charge is 0.185 e. The van der Waals surface area contributed by atoms with Crippen LogP contribution in [0.2, 0.25) is 0 Å². The van der Waals surface area contributed by atoms with Crippen LogP contribution in [0.25, 0.3) is 0 Å². The van der Waals surface area contributed by atoms with Crippen molar-refractivity contribution in [1.29, 1.82) is 0 Å². The van der Waals surface area contributed by atoms with Crippen LogP contribution in [0.5, 0.6) is 0 Å². The van der Waals surface area contributed by atoms with Crippen molar-refractivity contribution in [3.8, 4) is 0 Å². The number of Topliss-reactive ketones (excluding diaryl/α,β-unsaturated/α-hetero) is 1. The highest BCUT2D eigenvalue weighted by atomic mass is 79.9. The van der Waals surface area contributed by atoms with Crippen molar-refractivity contribution >= 4 is 21.7 Å². The number of carbonyl (C=O) groups is 1. The predicted molar refractivity (Wildman–Crippen MR) is 61.8 cm³/mol. The van der Waals surface area contributed by atoms with Crippen LogP contribution in [0.1, 0.15) is 37.2 Å². The van der Waals surface area contributed by atoms with Crippen molar-refractivity contribution in [2.75, 3.05) is 0 Å². The molecule has 1 unspecified atom stereocenters. The molecular weight excluding hydrogens is 256 g/mol. The maximum atomic E-state index is 12.2. The van der Waals surface area contributed by atoms with Crippen molar-refractivity contribution in [3.63, 3.8) is 0 Å². The fourth-order valence-electron chi connectivity index (χ4n) is 1.87. The SMILES string of the molecule is CCn1ncc(Br)c1C(=O)C(C)C1CC1. The van der Waals surface area contributed by atoms with Gasteiger partial charge in [0.15, 0.2) is 5.78 Å². The molecule has 0 amide bonds. The molecule has 1 aromatic rings. The van der Waals surface area contributed by atoms with Gasteiger partial charge in [-0.1, -0.05) is 6.92 Å².